The van der Waals surface area contributed by atoms with Crippen molar-refractivity contribution in [3.05, 3.63) is 30.3 Å². The summed E-state index contributed by atoms with van der Waals surface area (Å²) in [7, 11) is 1.60. The van der Waals surface area contributed by atoms with Crippen LogP contribution in [-0.2, 0) is 0 Å². The molecular weight excluding hydrogens is 204 g/mol. The Morgan fingerprint density at radius 1 is 1.12 bits per heavy atom. The van der Waals surface area contributed by atoms with Gasteiger partial charge in [-0.3, -0.25) is 0 Å². The number of ether oxygens (including phenoxy) is 1. The van der Waals surface area contributed by atoms with Crippen LogP contribution in [0, 0.1) is 0 Å². The van der Waals surface area contributed by atoms with Crippen molar-refractivity contribution in [2.45, 2.75) is 0 Å². The van der Waals surface area contributed by atoms with Crippen molar-refractivity contribution >= 4 is 11.5 Å². The average Bonchev–Trinajstić information content (AvgIpc) is 2.32. The fourth-order valence-corrected chi connectivity index (χ4v) is 1.40. The molecule has 1 aromatic carbocycles. The number of aromatic nitrogens is 2. The highest BCUT2D eigenvalue weighted by molar-refractivity contribution is 5.72. The maximum Gasteiger partial charge on any atom is 0.169 e. The van der Waals surface area contributed by atoms with Crippen LogP contribution in [0.3, 0.4) is 0 Å². The zero-order chi connectivity index (χ0) is 11.5. The molecule has 5 nitrogen and oxygen atoms in total. The van der Waals surface area contributed by atoms with Crippen LogP contribution in [0.2, 0.25) is 0 Å². The van der Waals surface area contributed by atoms with E-state index in [2.05, 4.69) is 10.2 Å². The van der Waals surface area contributed by atoms with Crippen LogP contribution in [0.15, 0.2) is 30.3 Å². The first-order valence-corrected chi connectivity index (χ1v) is 4.74. The Morgan fingerprint density at radius 2 is 1.88 bits per heavy atom. The summed E-state index contributed by atoms with van der Waals surface area (Å²) in [6.07, 6.45) is 0. The van der Waals surface area contributed by atoms with Gasteiger partial charge in [-0.05, 0) is 18.2 Å². The minimum Gasteiger partial charge on any atom is -0.496 e. The smallest absolute Gasteiger partial charge is 0.169 e. The van der Waals surface area contributed by atoms with Crippen molar-refractivity contribution in [2.24, 2.45) is 0 Å². The van der Waals surface area contributed by atoms with E-state index in [0.29, 0.717) is 11.4 Å². The average molecular weight is 216 g/mol. The number of nitrogens with two attached hydrogens (primary N) is 2. The Bertz CT molecular complexity index is 513. The van der Waals surface area contributed by atoms with E-state index in [4.69, 9.17) is 16.2 Å². The van der Waals surface area contributed by atoms with Crippen LogP contribution in [0.5, 0.6) is 5.75 Å². The first kappa shape index (κ1) is 10.2. The van der Waals surface area contributed by atoms with Crippen LogP contribution in [0.4, 0.5) is 11.5 Å². The molecule has 16 heavy (non-hydrogen) atoms. The molecule has 0 saturated carbocycles. The molecule has 2 rings (SSSR count). The lowest BCUT2D eigenvalue weighted by Crippen LogP contribution is -2.01. The summed E-state index contributed by atoms with van der Waals surface area (Å²) in [5.74, 6) is 0.958. The molecule has 82 valence electrons. The highest BCUT2D eigenvalue weighted by atomic mass is 16.5. The summed E-state index contributed by atoms with van der Waals surface area (Å²) < 4.78 is 5.23. The van der Waals surface area contributed by atoms with Gasteiger partial charge in [-0.2, -0.15) is 0 Å². The summed E-state index contributed by atoms with van der Waals surface area (Å²) in [6.45, 7) is 0. The predicted octanol–water partition coefficient (Wildman–Crippen LogP) is 1.32. The molecule has 0 aliphatic heterocycles. The predicted molar refractivity (Wildman–Crippen MR) is 62.8 cm³/mol. The number of methoxy groups -OCH3 is 1. The number of para-hydroxylation sites is 1. The molecule has 0 fully saturated rings. The van der Waals surface area contributed by atoms with Gasteiger partial charge in [0.2, 0.25) is 0 Å². The molecular formula is C11H12N4O. The third-order valence-electron chi connectivity index (χ3n) is 2.24. The molecule has 0 aliphatic rings. The van der Waals surface area contributed by atoms with Crippen LogP contribution < -0.4 is 16.2 Å². The molecule has 1 heterocycles. The molecule has 0 amide bonds. The first-order chi connectivity index (χ1) is 7.72. The second-order valence-corrected chi connectivity index (χ2v) is 3.27. The molecule has 0 spiro atoms. The molecule has 4 N–H and O–H groups in total. The Kier molecular flexibility index (Phi) is 2.59. The number of rotatable bonds is 2. The zero-order valence-corrected chi connectivity index (χ0v) is 8.84. The van der Waals surface area contributed by atoms with Crippen molar-refractivity contribution in [3.63, 3.8) is 0 Å². The summed E-state index contributed by atoms with van der Waals surface area (Å²) >= 11 is 0. The SMILES string of the molecule is COc1ccccc1-c1cc(N)c(N)nn1. The van der Waals surface area contributed by atoms with E-state index in [-0.39, 0.29) is 5.82 Å². The first-order valence-electron chi connectivity index (χ1n) is 4.74. The molecule has 0 aliphatic carbocycles. The highest BCUT2D eigenvalue weighted by Crippen LogP contribution is 2.29. The summed E-state index contributed by atoms with van der Waals surface area (Å²) in [4.78, 5) is 0. The van der Waals surface area contributed by atoms with E-state index in [1.54, 1.807) is 13.2 Å². The second kappa shape index (κ2) is 4.06. The van der Waals surface area contributed by atoms with Gasteiger partial charge >= 0.3 is 0 Å². The highest BCUT2D eigenvalue weighted by Gasteiger charge is 2.08. The third kappa shape index (κ3) is 1.75. The Balaban J connectivity index is 2.54. The van der Waals surface area contributed by atoms with Gasteiger partial charge in [0.05, 0.1) is 18.5 Å². The van der Waals surface area contributed by atoms with Gasteiger partial charge in [-0.15, -0.1) is 10.2 Å². The summed E-state index contributed by atoms with van der Waals surface area (Å²) in [5.41, 5.74) is 13.1. The van der Waals surface area contributed by atoms with Gasteiger partial charge in [0.1, 0.15) is 5.75 Å². The molecule has 0 radical (unpaired) electrons. The Morgan fingerprint density at radius 3 is 2.56 bits per heavy atom. The van der Waals surface area contributed by atoms with Gasteiger partial charge in [-0.25, -0.2) is 0 Å². The number of benzene rings is 1. The van der Waals surface area contributed by atoms with Crippen molar-refractivity contribution in [1.29, 1.82) is 0 Å². The van der Waals surface area contributed by atoms with Crippen LogP contribution in [0.25, 0.3) is 11.3 Å². The molecule has 2 aromatic rings. The standard InChI is InChI=1S/C11H12N4O/c1-16-10-5-3-2-4-7(10)9-6-8(12)11(13)15-14-9/h2-6H,1H3,(H2,12,14)(H2,13,15). The lowest BCUT2D eigenvalue weighted by Gasteiger charge is -2.07. The van der Waals surface area contributed by atoms with Crippen molar-refractivity contribution in [3.8, 4) is 17.0 Å². The minimum atomic E-state index is 0.235. The zero-order valence-electron chi connectivity index (χ0n) is 8.84. The van der Waals surface area contributed by atoms with E-state index < -0.39 is 0 Å². The fourth-order valence-electron chi connectivity index (χ4n) is 1.40. The molecule has 0 atom stereocenters. The van der Waals surface area contributed by atoms with Gasteiger partial charge < -0.3 is 16.2 Å². The maximum absolute atomic E-state index is 5.68. The molecule has 0 bridgehead atoms. The van der Waals surface area contributed by atoms with Crippen molar-refractivity contribution in [1.82, 2.24) is 10.2 Å². The lowest BCUT2D eigenvalue weighted by molar-refractivity contribution is 0.416. The summed E-state index contributed by atoms with van der Waals surface area (Å²) in [6, 6.07) is 9.20. The van der Waals surface area contributed by atoms with E-state index in [1.807, 2.05) is 24.3 Å². The van der Waals surface area contributed by atoms with Gasteiger partial charge in [0, 0.05) is 5.56 Å². The van der Waals surface area contributed by atoms with Crippen LogP contribution in [-0.4, -0.2) is 17.3 Å². The monoisotopic (exact) mass is 216 g/mol. The largest absolute Gasteiger partial charge is 0.496 e. The number of hydrogen-bond donors (Lipinski definition) is 2. The fraction of sp³-hybridized carbons (Fsp3) is 0.0909. The number of anilines is 2. The van der Waals surface area contributed by atoms with Crippen LogP contribution >= 0.6 is 0 Å². The van der Waals surface area contributed by atoms with Gasteiger partial charge in [0.15, 0.2) is 5.82 Å². The van der Waals surface area contributed by atoms with E-state index in [9.17, 15) is 0 Å². The Hall–Kier alpha value is -2.30. The lowest BCUT2D eigenvalue weighted by atomic mass is 10.1. The maximum atomic E-state index is 5.68. The Labute approximate surface area is 93.1 Å². The minimum absolute atomic E-state index is 0.235. The number of hydrogen-bond acceptors (Lipinski definition) is 5. The topological polar surface area (TPSA) is 87.0 Å². The van der Waals surface area contributed by atoms with Crippen LogP contribution in [0.1, 0.15) is 0 Å². The summed E-state index contributed by atoms with van der Waals surface area (Å²) in [5, 5.41) is 7.76. The molecule has 0 saturated heterocycles. The molecule has 1 aromatic heterocycles. The van der Waals surface area contributed by atoms with E-state index >= 15 is 0 Å². The molecule has 5 heteroatoms. The quantitative estimate of drug-likeness (QED) is 0.790. The second-order valence-electron chi connectivity index (χ2n) is 3.27. The number of nitrogen functional groups attached to an aromatic ring is 2. The van der Waals surface area contributed by atoms with Gasteiger partial charge in [0.25, 0.3) is 0 Å². The van der Waals surface area contributed by atoms with E-state index in [0.717, 1.165) is 11.3 Å². The number of nitrogens with zero attached hydrogens (tertiary/aromatic N) is 2. The normalized spacial score (nSPS) is 10.1. The van der Waals surface area contributed by atoms with E-state index in [1.165, 1.54) is 0 Å². The van der Waals surface area contributed by atoms with Gasteiger partial charge in [-0.1, -0.05) is 12.1 Å². The van der Waals surface area contributed by atoms with Crippen molar-refractivity contribution < 1.29 is 4.74 Å². The van der Waals surface area contributed by atoms with Crippen molar-refractivity contribution in [2.75, 3.05) is 18.6 Å². The third-order valence-corrected chi connectivity index (χ3v) is 2.24. The molecule has 0 unspecified atom stereocenters.